The van der Waals surface area contributed by atoms with Crippen LogP contribution < -0.4 is 0 Å². The van der Waals surface area contributed by atoms with Crippen molar-refractivity contribution >= 4 is 0 Å². The standard InChI is InChI=1S/C18H38O/c1-3-5-6-7-8-9-12-15-18(4-2)16-13-10-11-14-17-19/h18-19H,3-17H2,1-2H3. The molecule has 0 fully saturated rings. The summed E-state index contributed by atoms with van der Waals surface area (Å²) >= 11 is 0. The van der Waals surface area contributed by atoms with Gasteiger partial charge in [0.1, 0.15) is 0 Å². The molecule has 0 saturated carbocycles. The van der Waals surface area contributed by atoms with Gasteiger partial charge in [0.2, 0.25) is 0 Å². The molecule has 0 spiro atoms. The maximum absolute atomic E-state index is 8.74. The van der Waals surface area contributed by atoms with Gasteiger partial charge in [-0.3, -0.25) is 0 Å². The highest BCUT2D eigenvalue weighted by atomic mass is 16.2. The van der Waals surface area contributed by atoms with Crippen molar-refractivity contribution in [3.8, 4) is 0 Å². The highest BCUT2D eigenvalue weighted by Crippen LogP contribution is 2.21. The van der Waals surface area contributed by atoms with E-state index in [1.807, 2.05) is 0 Å². The molecule has 1 N–H and O–H groups in total. The molecule has 0 aromatic heterocycles. The monoisotopic (exact) mass is 270 g/mol. The highest BCUT2D eigenvalue weighted by molar-refractivity contribution is 4.59. The maximum Gasteiger partial charge on any atom is 0.0431 e. The molecule has 116 valence electrons. The Hall–Kier alpha value is -0.0400. The molecule has 0 heterocycles. The molecule has 0 aromatic rings. The molecule has 0 rings (SSSR count). The molecule has 1 unspecified atom stereocenters. The number of hydrogen-bond donors (Lipinski definition) is 1. The first-order valence-electron chi connectivity index (χ1n) is 8.96. The molecular formula is C18H38O. The van der Waals surface area contributed by atoms with Crippen LogP contribution in [0.15, 0.2) is 0 Å². The molecule has 1 heteroatoms. The van der Waals surface area contributed by atoms with Crippen molar-refractivity contribution in [2.75, 3.05) is 6.61 Å². The molecule has 0 bridgehead atoms. The van der Waals surface area contributed by atoms with Crippen molar-refractivity contribution in [3.05, 3.63) is 0 Å². The molecule has 1 nitrogen and oxygen atoms in total. The second-order valence-electron chi connectivity index (χ2n) is 6.11. The summed E-state index contributed by atoms with van der Waals surface area (Å²) in [5.74, 6) is 0.963. The second-order valence-corrected chi connectivity index (χ2v) is 6.11. The second kappa shape index (κ2) is 16.0. The molecule has 0 aliphatic heterocycles. The Balaban J connectivity index is 3.29. The summed E-state index contributed by atoms with van der Waals surface area (Å²) in [7, 11) is 0. The number of hydrogen-bond acceptors (Lipinski definition) is 1. The normalized spacial score (nSPS) is 12.8. The fourth-order valence-electron chi connectivity index (χ4n) is 2.84. The van der Waals surface area contributed by atoms with Crippen LogP contribution >= 0.6 is 0 Å². The molecule has 0 aliphatic rings. The third-order valence-corrected chi connectivity index (χ3v) is 4.31. The minimum Gasteiger partial charge on any atom is -0.396 e. The van der Waals surface area contributed by atoms with E-state index in [1.54, 1.807) is 0 Å². The van der Waals surface area contributed by atoms with Crippen LogP contribution in [0.5, 0.6) is 0 Å². The summed E-state index contributed by atoms with van der Waals surface area (Å²) < 4.78 is 0. The van der Waals surface area contributed by atoms with Gasteiger partial charge in [0.05, 0.1) is 0 Å². The largest absolute Gasteiger partial charge is 0.396 e. The predicted octanol–water partition coefficient (Wildman–Crippen LogP) is 6.10. The van der Waals surface area contributed by atoms with E-state index < -0.39 is 0 Å². The van der Waals surface area contributed by atoms with Crippen molar-refractivity contribution in [1.29, 1.82) is 0 Å². The Morgan fingerprint density at radius 1 is 0.632 bits per heavy atom. The SMILES string of the molecule is CCCCCCCCCC(CC)CCCCCCO. The Morgan fingerprint density at radius 3 is 1.58 bits per heavy atom. The maximum atomic E-state index is 8.74. The van der Waals surface area contributed by atoms with Crippen molar-refractivity contribution in [3.63, 3.8) is 0 Å². The number of rotatable bonds is 15. The molecule has 1 atom stereocenters. The zero-order valence-corrected chi connectivity index (χ0v) is 13.6. The number of aliphatic hydroxyl groups excluding tert-OH is 1. The average Bonchev–Trinajstić information content (AvgIpc) is 2.44. The molecule has 0 aliphatic carbocycles. The Bertz CT molecular complexity index is 156. The zero-order chi connectivity index (χ0) is 14.2. The summed E-state index contributed by atoms with van der Waals surface area (Å²) in [4.78, 5) is 0. The van der Waals surface area contributed by atoms with Crippen molar-refractivity contribution in [1.82, 2.24) is 0 Å². The minimum absolute atomic E-state index is 0.370. The Labute approximate surface area is 122 Å². The smallest absolute Gasteiger partial charge is 0.0431 e. The molecule has 0 saturated heterocycles. The summed E-state index contributed by atoms with van der Waals surface area (Å²) in [6, 6.07) is 0. The summed E-state index contributed by atoms with van der Waals surface area (Å²) in [5.41, 5.74) is 0. The van der Waals surface area contributed by atoms with Crippen molar-refractivity contribution in [2.45, 2.75) is 104 Å². The molecule has 19 heavy (non-hydrogen) atoms. The van der Waals surface area contributed by atoms with E-state index in [0.29, 0.717) is 6.61 Å². The lowest BCUT2D eigenvalue weighted by Gasteiger charge is -2.14. The summed E-state index contributed by atoms with van der Waals surface area (Å²) in [6.07, 6.45) is 19.1. The minimum atomic E-state index is 0.370. The summed E-state index contributed by atoms with van der Waals surface area (Å²) in [6.45, 7) is 5.00. The summed E-state index contributed by atoms with van der Waals surface area (Å²) in [5, 5.41) is 8.74. The van der Waals surface area contributed by atoms with Gasteiger partial charge in [0, 0.05) is 6.61 Å². The van der Waals surface area contributed by atoms with Gasteiger partial charge >= 0.3 is 0 Å². The van der Waals surface area contributed by atoms with Gasteiger partial charge in [0.25, 0.3) is 0 Å². The predicted molar refractivity (Wildman–Crippen MR) is 86.6 cm³/mol. The van der Waals surface area contributed by atoms with E-state index in [2.05, 4.69) is 13.8 Å². The van der Waals surface area contributed by atoms with Gasteiger partial charge in [0.15, 0.2) is 0 Å². The lowest BCUT2D eigenvalue weighted by molar-refractivity contribution is 0.281. The number of unbranched alkanes of at least 4 members (excludes halogenated alkanes) is 9. The van der Waals surface area contributed by atoms with E-state index in [-0.39, 0.29) is 0 Å². The molecular weight excluding hydrogens is 232 g/mol. The van der Waals surface area contributed by atoms with Gasteiger partial charge in [-0.1, -0.05) is 97.3 Å². The topological polar surface area (TPSA) is 20.2 Å². The highest BCUT2D eigenvalue weighted by Gasteiger charge is 2.05. The lowest BCUT2D eigenvalue weighted by atomic mass is 9.92. The molecule has 0 amide bonds. The van der Waals surface area contributed by atoms with Crippen molar-refractivity contribution < 1.29 is 5.11 Å². The van der Waals surface area contributed by atoms with E-state index >= 15 is 0 Å². The van der Waals surface area contributed by atoms with Gasteiger partial charge in [-0.05, 0) is 12.3 Å². The van der Waals surface area contributed by atoms with Crippen LogP contribution in [-0.4, -0.2) is 11.7 Å². The Kier molecular flexibility index (Phi) is 16.0. The van der Waals surface area contributed by atoms with E-state index in [4.69, 9.17) is 5.11 Å². The average molecular weight is 271 g/mol. The van der Waals surface area contributed by atoms with Crippen LogP contribution in [0.25, 0.3) is 0 Å². The molecule has 0 aromatic carbocycles. The fraction of sp³-hybridized carbons (Fsp3) is 1.00. The van der Waals surface area contributed by atoms with Gasteiger partial charge < -0.3 is 5.11 Å². The lowest BCUT2D eigenvalue weighted by Crippen LogP contribution is -1.99. The van der Waals surface area contributed by atoms with Crippen LogP contribution in [0.3, 0.4) is 0 Å². The first-order valence-corrected chi connectivity index (χ1v) is 8.96. The van der Waals surface area contributed by atoms with Crippen LogP contribution in [0, 0.1) is 5.92 Å². The van der Waals surface area contributed by atoms with Crippen LogP contribution in [-0.2, 0) is 0 Å². The van der Waals surface area contributed by atoms with Gasteiger partial charge in [-0.15, -0.1) is 0 Å². The van der Waals surface area contributed by atoms with Crippen LogP contribution in [0.2, 0.25) is 0 Å². The Morgan fingerprint density at radius 2 is 1.11 bits per heavy atom. The van der Waals surface area contributed by atoms with Gasteiger partial charge in [-0.25, -0.2) is 0 Å². The van der Waals surface area contributed by atoms with E-state index in [1.165, 1.54) is 83.5 Å². The van der Waals surface area contributed by atoms with Crippen LogP contribution in [0.1, 0.15) is 104 Å². The van der Waals surface area contributed by atoms with Crippen LogP contribution in [0.4, 0.5) is 0 Å². The van der Waals surface area contributed by atoms with Gasteiger partial charge in [-0.2, -0.15) is 0 Å². The zero-order valence-electron chi connectivity index (χ0n) is 13.6. The van der Waals surface area contributed by atoms with Crippen molar-refractivity contribution in [2.24, 2.45) is 5.92 Å². The third kappa shape index (κ3) is 14.2. The first kappa shape index (κ1) is 19.0. The number of aliphatic hydroxyl groups is 1. The van der Waals surface area contributed by atoms with E-state index in [9.17, 15) is 0 Å². The fourth-order valence-corrected chi connectivity index (χ4v) is 2.84. The van der Waals surface area contributed by atoms with E-state index in [0.717, 1.165) is 12.3 Å². The quantitative estimate of drug-likeness (QED) is 0.357. The third-order valence-electron chi connectivity index (χ3n) is 4.31. The first-order chi connectivity index (χ1) is 9.35. The molecule has 0 radical (unpaired) electrons.